The highest BCUT2D eigenvalue weighted by Crippen LogP contribution is 2.24. The number of amides is 3. The molecule has 0 bridgehead atoms. The fraction of sp³-hybridized carbons (Fsp3) is 0.150. The molecule has 1 aromatic carbocycles. The van der Waals surface area contributed by atoms with Gasteiger partial charge in [0.15, 0.2) is 5.82 Å². The molecule has 0 fully saturated rings. The Hall–Kier alpha value is -2.89. The number of anilines is 1. The highest BCUT2D eigenvalue weighted by molar-refractivity contribution is 9.10. The molecule has 0 aliphatic rings. The monoisotopic (exact) mass is 536 g/mol. The van der Waals surface area contributed by atoms with Gasteiger partial charge in [0.25, 0.3) is 11.8 Å². The minimum absolute atomic E-state index is 0.153. The van der Waals surface area contributed by atoms with Crippen molar-refractivity contribution in [2.75, 3.05) is 17.3 Å². The summed E-state index contributed by atoms with van der Waals surface area (Å²) in [6.45, 7) is 1.75. The van der Waals surface area contributed by atoms with Crippen molar-refractivity contribution >= 4 is 62.7 Å². The predicted octanol–water partition coefficient (Wildman–Crippen LogP) is 3.37. The first-order valence-corrected chi connectivity index (χ1v) is 11.7. The number of para-hydroxylation sites is 1. The average Bonchev–Trinajstić information content (AvgIpc) is 3.15. The fourth-order valence-electron chi connectivity index (χ4n) is 2.77. The molecule has 0 spiro atoms. The molecule has 3 aromatic rings. The topological polar surface area (TPSA) is 118 Å². The van der Waals surface area contributed by atoms with E-state index in [1.165, 1.54) is 28.7 Å². The third-order valence-corrected chi connectivity index (χ3v) is 5.43. The molecule has 166 valence electrons. The summed E-state index contributed by atoms with van der Waals surface area (Å²) < 4.78 is 1.71. The van der Waals surface area contributed by atoms with Crippen LogP contribution in [-0.4, -0.2) is 44.5 Å². The number of thioether (sulfide) groups is 1. The van der Waals surface area contributed by atoms with Gasteiger partial charge < -0.3 is 5.32 Å². The van der Waals surface area contributed by atoms with Crippen LogP contribution in [0, 0.1) is 6.92 Å². The third-order valence-electron chi connectivity index (χ3n) is 4.20. The Morgan fingerprint density at radius 1 is 1.16 bits per heavy atom. The van der Waals surface area contributed by atoms with E-state index in [-0.39, 0.29) is 28.7 Å². The number of pyridine rings is 1. The minimum atomic E-state index is -0.569. The van der Waals surface area contributed by atoms with Crippen molar-refractivity contribution < 1.29 is 14.4 Å². The normalized spacial score (nSPS) is 10.5. The number of hydrogen-bond donors (Lipinski definition) is 3. The van der Waals surface area contributed by atoms with E-state index in [0.29, 0.717) is 20.9 Å². The van der Waals surface area contributed by atoms with Gasteiger partial charge in [-0.25, -0.2) is 9.67 Å². The van der Waals surface area contributed by atoms with Crippen molar-refractivity contribution in [1.82, 2.24) is 25.6 Å². The van der Waals surface area contributed by atoms with Crippen LogP contribution in [0.5, 0.6) is 0 Å². The van der Waals surface area contributed by atoms with Crippen LogP contribution < -0.4 is 16.2 Å². The van der Waals surface area contributed by atoms with Crippen molar-refractivity contribution in [3.8, 4) is 5.82 Å². The second-order valence-electron chi connectivity index (χ2n) is 6.46. The summed E-state index contributed by atoms with van der Waals surface area (Å²) in [6, 6.07) is 9.79. The molecule has 0 aliphatic heterocycles. The van der Waals surface area contributed by atoms with Crippen LogP contribution in [0.15, 0.2) is 47.2 Å². The number of aryl methyl sites for hydroxylation is 1. The number of rotatable bonds is 6. The number of nitrogens with zero attached hydrogens (tertiary/aromatic N) is 3. The Kier molecular flexibility index (Phi) is 7.89. The van der Waals surface area contributed by atoms with E-state index in [4.69, 9.17) is 11.6 Å². The number of hydrogen-bond acceptors (Lipinski definition) is 6. The number of aromatic nitrogens is 3. The number of carbonyl (C=O) groups excluding carboxylic acids is 3. The highest BCUT2D eigenvalue weighted by atomic mass is 79.9. The van der Waals surface area contributed by atoms with Crippen LogP contribution in [0.1, 0.15) is 26.4 Å². The van der Waals surface area contributed by atoms with Crippen molar-refractivity contribution in [2.24, 2.45) is 0 Å². The summed E-state index contributed by atoms with van der Waals surface area (Å²) in [5.41, 5.74) is 5.98. The predicted molar refractivity (Wildman–Crippen MR) is 127 cm³/mol. The van der Waals surface area contributed by atoms with Crippen LogP contribution in [0.25, 0.3) is 5.82 Å². The van der Waals surface area contributed by atoms with Gasteiger partial charge >= 0.3 is 0 Å². The summed E-state index contributed by atoms with van der Waals surface area (Å²) in [6.07, 6.45) is 3.31. The Labute approximate surface area is 201 Å². The van der Waals surface area contributed by atoms with Gasteiger partial charge in [-0.05, 0) is 52.9 Å². The molecule has 0 aliphatic carbocycles. The molecule has 12 heteroatoms. The van der Waals surface area contributed by atoms with Gasteiger partial charge in [-0.15, -0.1) is 0 Å². The number of nitrogens with one attached hydrogen (secondary N) is 3. The van der Waals surface area contributed by atoms with Crippen LogP contribution in [0.4, 0.5) is 5.69 Å². The zero-order chi connectivity index (χ0) is 23.3. The summed E-state index contributed by atoms with van der Waals surface area (Å²) in [7, 11) is 0. The van der Waals surface area contributed by atoms with Crippen molar-refractivity contribution in [2.45, 2.75) is 6.92 Å². The Morgan fingerprint density at radius 2 is 1.94 bits per heavy atom. The smallest absolute Gasteiger partial charge is 0.274 e. The van der Waals surface area contributed by atoms with E-state index in [1.54, 1.807) is 43.5 Å². The highest BCUT2D eigenvalue weighted by Gasteiger charge is 2.22. The first kappa shape index (κ1) is 23.8. The standard InChI is InChI=1S/C20H18BrClN6O3S/c1-11-5-3-6-12(19(30)26-25-16(29)10-32-2)17(11)24-20(31)14-9-15(21)27-28(14)18-13(22)7-4-8-23-18/h3-9H,10H2,1-2H3,(H,24,31)(H,25,29)(H,26,30). The Morgan fingerprint density at radius 3 is 2.66 bits per heavy atom. The van der Waals surface area contributed by atoms with Gasteiger partial charge in [0, 0.05) is 12.3 Å². The first-order valence-electron chi connectivity index (χ1n) is 9.17. The van der Waals surface area contributed by atoms with Gasteiger partial charge in [0.05, 0.1) is 22.0 Å². The molecule has 3 N–H and O–H groups in total. The number of halogens is 2. The second kappa shape index (κ2) is 10.6. The van der Waals surface area contributed by atoms with Crippen molar-refractivity contribution in [1.29, 1.82) is 0 Å². The molecule has 3 amide bonds. The molecule has 3 rings (SSSR count). The van der Waals surface area contributed by atoms with E-state index in [9.17, 15) is 14.4 Å². The summed E-state index contributed by atoms with van der Waals surface area (Å²) in [5.74, 6) is -0.956. The van der Waals surface area contributed by atoms with Crippen molar-refractivity contribution in [3.05, 3.63) is 69.0 Å². The van der Waals surface area contributed by atoms with Crippen LogP contribution in [-0.2, 0) is 4.79 Å². The Bertz CT molecular complexity index is 1190. The van der Waals surface area contributed by atoms with E-state index in [0.717, 1.165) is 0 Å². The maximum Gasteiger partial charge on any atom is 0.274 e. The van der Waals surface area contributed by atoms with Gasteiger partial charge in [-0.1, -0.05) is 23.7 Å². The van der Waals surface area contributed by atoms with E-state index in [2.05, 4.69) is 42.2 Å². The van der Waals surface area contributed by atoms with E-state index in [1.807, 2.05) is 0 Å². The van der Waals surface area contributed by atoms with Gasteiger partial charge in [0.1, 0.15) is 10.3 Å². The van der Waals surface area contributed by atoms with E-state index >= 15 is 0 Å². The van der Waals surface area contributed by atoms with Gasteiger partial charge in [-0.3, -0.25) is 25.2 Å². The maximum absolute atomic E-state index is 13.1. The van der Waals surface area contributed by atoms with Crippen LogP contribution in [0.3, 0.4) is 0 Å². The average molecular weight is 538 g/mol. The molecule has 0 saturated carbocycles. The van der Waals surface area contributed by atoms with Gasteiger partial charge in [-0.2, -0.15) is 16.9 Å². The zero-order valence-electron chi connectivity index (χ0n) is 17.0. The summed E-state index contributed by atoms with van der Waals surface area (Å²) in [4.78, 5) is 41.6. The first-order chi connectivity index (χ1) is 15.3. The van der Waals surface area contributed by atoms with Crippen LogP contribution >= 0.6 is 39.3 Å². The molecule has 32 heavy (non-hydrogen) atoms. The maximum atomic E-state index is 13.1. The third kappa shape index (κ3) is 5.47. The largest absolute Gasteiger partial charge is 0.320 e. The number of carbonyl (C=O) groups is 3. The molecular formula is C20H18BrClN6O3S. The summed E-state index contributed by atoms with van der Waals surface area (Å²) >= 11 is 10.8. The molecule has 0 atom stereocenters. The lowest BCUT2D eigenvalue weighted by molar-refractivity contribution is -0.119. The lowest BCUT2D eigenvalue weighted by atomic mass is 10.1. The molecule has 0 saturated heterocycles. The zero-order valence-corrected chi connectivity index (χ0v) is 20.1. The Balaban J connectivity index is 1.89. The molecule has 0 unspecified atom stereocenters. The molecule has 2 heterocycles. The lowest BCUT2D eigenvalue weighted by Gasteiger charge is -2.15. The molecular weight excluding hydrogens is 520 g/mol. The molecule has 9 nitrogen and oxygen atoms in total. The van der Waals surface area contributed by atoms with Crippen molar-refractivity contribution in [3.63, 3.8) is 0 Å². The lowest BCUT2D eigenvalue weighted by Crippen LogP contribution is -2.42. The van der Waals surface area contributed by atoms with Gasteiger partial charge in [0.2, 0.25) is 5.91 Å². The summed E-state index contributed by atoms with van der Waals surface area (Å²) in [5, 5.41) is 7.32. The quantitative estimate of drug-likeness (QED) is 0.415. The molecule has 0 radical (unpaired) electrons. The second-order valence-corrected chi connectivity index (χ2v) is 8.55. The number of hydrazine groups is 1. The molecule has 2 aromatic heterocycles. The van der Waals surface area contributed by atoms with E-state index < -0.39 is 11.8 Å². The number of benzene rings is 1. The minimum Gasteiger partial charge on any atom is -0.320 e. The fourth-order valence-corrected chi connectivity index (χ4v) is 3.68. The SMILES string of the molecule is CSCC(=O)NNC(=O)c1cccc(C)c1NC(=O)c1cc(Br)nn1-c1ncccc1Cl. The van der Waals surface area contributed by atoms with Crippen LogP contribution in [0.2, 0.25) is 5.02 Å².